The highest BCUT2D eigenvalue weighted by atomic mass is 16.4. The quantitative estimate of drug-likeness (QED) is 0.396. The van der Waals surface area contributed by atoms with Crippen molar-refractivity contribution in [2.24, 2.45) is 0 Å². The van der Waals surface area contributed by atoms with Crippen molar-refractivity contribution in [2.75, 3.05) is 6.54 Å². The number of likely N-dealkylation sites (tertiary alicyclic amines) is 1. The van der Waals surface area contributed by atoms with E-state index in [1.165, 1.54) is 5.56 Å². The van der Waals surface area contributed by atoms with Crippen molar-refractivity contribution >= 4 is 11.9 Å². The number of pyridine rings is 1. The lowest BCUT2D eigenvalue weighted by Gasteiger charge is -2.34. The average Bonchev–Trinajstić information content (AvgIpc) is 2.70. The third-order valence-electron chi connectivity index (χ3n) is 5.64. The number of carboxylic acids is 1. The summed E-state index contributed by atoms with van der Waals surface area (Å²) < 4.78 is 0. The lowest BCUT2D eigenvalue weighted by Crippen LogP contribution is -2.43. The molecule has 1 aliphatic rings. The zero-order valence-electron chi connectivity index (χ0n) is 18.3. The van der Waals surface area contributed by atoms with E-state index in [-0.39, 0.29) is 18.4 Å². The summed E-state index contributed by atoms with van der Waals surface area (Å²) >= 11 is 0. The first-order valence-electron chi connectivity index (χ1n) is 11.2. The first-order chi connectivity index (χ1) is 14.4. The van der Waals surface area contributed by atoms with Crippen LogP contribution in [0.5, 0.6) is 0 Å². The highest BCUT2D eigenvalue weighted by Gasteiger charge is 2.25. The predicted molar refractivity (Wildman–Crippen MR) is 117 cm³/mol. The Morgan fingerprint density at radius 3 is 2.70 bits per heavy atom. The number of nitrogens with zero attached hydrogens (tertiary/aromatic N) is 2. The summed E-state index contributed by atoms with van der Waals surface area (Å²) in [4.78, 5) is 29.3. The maximum atomic E-state index is 12.4. The molecule has 2 atom stereocenters. The molecule has 1 aromatic rings. The number of carbonyl (C=O) groups is 2. The minimum Gasteiger partial charge on any atom is -0.481 e. The number of carboxylic acid groups (broad SMARTS) is 1. The first kappa shape index (κ1) is 24.1. The zero-order valence-corrected chi connectivity index (χ0v) is 18.3. The third-order valence-corrected chi connectivity index (χ3v) is 5.64. The summed E-state index contributed by atoms with van der Waals surface area (Å²) in [5.74, 6) is -0.152. The molecule has 2 heterocycles. The molecular formula is C24H36N2O4. The third kappa shape index (κ3) is 8.27. The molecule has 2 N–H and O–H groups in total. The molecule has 0 radical (unpaired) electrons. The van der Waals surface area contributed by atoms with Gasteiger partial charge in [-0.2, -0.15) is 0 Å². The van der Waals surface area contributed by atoms with Crippen LogP contribution in [0.2, 0.25) is 0 Å². The second-order valence-corrected chi connectivity index (χ2v) is 8.50. The van der Waals surface area contributed by atoms with Crippen LogP contribution in [0.1, 0.15) is 82.4 Å². The molecule has 1 aromatic heterocycles. The molecule has 166 valence electrons. The van der Waals surface area contributed by atoms with Gasteiger partial charge in [0.1, 0.15) is 0 Å². The summed E-state index contributed by atoms with van der Waals surface area (Å²) in [5.41, 5.74) is 2.04. The average molecular weight is 417 g/mol. The fraction of sp³-hybridized carbons (Fsp3) is 0.625. The lowest BCUT2D eigenvalue weighted by molar-refractivity contribution is -0.137. The first-order valence-corrected chi connectivity index (χ1v) is 11.2. The predicted octanol–water partition coefficient (Wildman–Crippen LogP) is 4.08. The summed E-state index contributed by atoms with van der Waals surface area (Å²) in [7, 11) is 0. The van der Waals surface area contributed by atoms with Crippen LogP contribution in [0.25, 0.3) is 0 Å². The fourth-order valence-electron chi connectivity index (χ4n) is 3.79. The van der Waals surface area contributed by atoms with Crippen LogP contribution in [0, 0.1) is 0 Å². The van der Waals surface area contributed by atoms with Crippen molar-refractivity contribution in [3.05, 3.63) is 41.7 Å². The number of aromatic nitrogens is 1. The molecule has 1 fully saturated rings. The van der Waals surface area contributed by atoms with Gasteiger partial charge in [-0.25, -0.2) is 0 Å². The number of aliphatic hydroxyl groups is 1. The molecule has 0 aliphatic carbocycles. The molecule has 1 aliphatic heterocycles. The van der Waals surface area contributed by atoms with E-state index in [4.69, 9.17) is 5.11 Å². The summed E-state index contributed by atoms with van der Waals surface area (Å²) in [5, 5.41) is 19.1. The van der Waals surface area contributed by atoms with E-state index in [1.807, 2.05) is 23.2 Å². The summed E-state index contributed by atoms with van der Waals surface area (Å²) in [6.45, 7) is 4.94. The number of piperidine rings is 1. The molecule has 0 spiro atoms. The van der Waals surface area contributed by atoms with Crippen LogP contribution in [-0.4, -0.2) is 50.7 Å². The molecule has 6 nitrogen and oxygen atoms in total. The Hall–Kier alpha value is -2.21. The van der Waals surface area contributed by atoms with Crippen LogP contribution in [-0.2, 0) is 16.0 Å². The van der Waals surface area contributed by atoms with Gasteiger partial charge in [0.15, 0.2) is 0 Å². The fourth-order valence-corrected chi connectivity index (χ4v) is 3.79. The second kappa shape index (κ2) is 12.5. The Bertz CT molecular complexity index is 700. The summed E-state index contributed by atoms with van der Waals surface area (Å²) in [6.07, 6.45) is 11.4. The minimum atomic E-state index is -0.754. The van der Waals surface area contributed by atoms with E-state index in [0.717, 1.165) is 37.8 Å². The molecule has 30 heavy (non-hydrogen) atoms. The Labute approximate surface area is 180 Å². The largest absolute Gasteiger partial charge is 0.481 e. The van der Waals surface area contributed by atoms with Crippen molar-refractivity contribution in [1.82, 2.24) is 9.88 Å². The summed E-state index contributed by atoms with van der Waals surface area (Å²) in [6, 6.07) is 4.05. The molecular weight excluding hydrogens is 380 g/mol. The standard InChI is InChI=1S/C24H36N2O4/c1-18(2)19-11-12-20(25-17-19)16-22(27)14-13-21-8-7-9-23(28)26(21)15-6-4-3-5-10-24(29)30/h11-14,17-18,21-22,27H,3-10,15-16H2,1-2H3,(H,29,30)/b14-13+/t21-,22?/m1/s1. The number of hydrogen-bond acceptors (Lipinski definition) is 4. The number of carbonyl (C=O) groups excluding carboxylic acids is 1. The van der Waals surface area contributed by atoms with E-state index in [2.05, 4.69) is 24.9 Å². The monoisotopic (exact) mass is 416 g/mol. The Kier molecular flexibility index (Phi) is 10.0. The van der Waals surface area contributed by atoms with Gasteiger partial charge in [0.25, 0.3) is 0 Å². The van der Waals surface area contributed by atoms with Crippen molar-refractivity contribution in [2.45, 2.75) is 89.7 Å². The van der Waals surface area contributed by atoms with Crippen LogP contribution in [0.3, 0.4) is 0 Å². The highest BCUT2D eigenvalue weighted by Crippen LogP contribution is 2.21. The molecule has 1 unspecified atom stereocenters. The number of aliphatic hydroxyl groups excluding tert-OH is 1. The van der Waals surface area contributed by atoms with Crippen molar-refractivity contribution < 1.29 is 19.8 Å². The molecule has 1 saturated heterocycles. The molecule has 2 rings (SSSR count). The smallest absolute Gasteiger partial charge is 0.303 e. The molecule has 6 heteroatoms. The van der Waals surface area contributed by atoms with Crippen molar-refractivity contribution in [3.63, 3.8) is 0 Å². The lowest BCUT2D eigenvalue weighted by atomic mass is 9.99. The van der Waals surface area contributed by atoms with Gasteiger partial charge in [0.05, 0.1) is 12.1 Å². The van der Waals surface area contributed by atoms with Gasteiger partial charge in [0.2, 0.25) is 5.91 Å². The van der Waals surface area contributed by atoms with E-state index in [0.29, 0.717) is 31.7 Å². The normalized spacial score (nSPS) is 18.3. The molecule has 0 bridgehead atoms. The SMILES string of the molecule is CC(C)c1ccc(CC(O)/C=C/[C@H]2CCCC(=O)N2CCCCCCC(=O)O)nc1. The number of rotatable bonds is 12. The number of amides is 1. The highest BCUT2D eigenvalue weighted by molar-refractivity contribution is 5.77. The Balaban J connectivity index is 1.82. The number of aliphatic carboxylic acids is 1. The van der Waals surface area contributed by atoms with Gasteiger partial charge in [-0.15, -0.1) is 0 Å². The maximum Gasteiger partial charge on any atom is 0.303 e. The van der Waals surface area contributed by atoms with Crippen LogP contribution < -0.4 is 0 Å². The van der Waals surface area contributed by atoms with Gasteiger partial charge in [-0.3, -0.25) is 14.6 Å². The Morgan fingerprint density at radius 2 is 2.03 bits per heavy atom. The van der Waals surface area contributed by atoms with Crippen LogP contribution in [0.4, 0.5) is 0 Å². The zero-order chi connectivity index (χ0) is 21.9. The van der Waals surface area contributed by atoms with Crippen molar-refractivity contribution in [1.29, 1.82) is 0 Å². The minimum absolute atomic E-state index is 0.0243. The Morgan fingerprint density at radius 1 is 1.27 bits per heavy atom. The van der Waals surface area contributed by atoms with E-state index in [1.54, 1.807) is 6.08 Å². The molecule has 1 amide bonds. The van der Waals surface area contributed by atoms with E-state index >= 15 is 0 Å². The van der Waals surface area contributed by atoms with Crippen molar-refractivity contribution in [3.8, 4) is 0 Å². The van der Waals surface area contributed by atoms with Gasteiger partial charge in [-0.05, 0) is 43.2 Å². The van der Waals surface area contributed by atoms with Gasteiger partial charge >= 0.3 is 5.97 Å². The van der Waals surface area contributed by atoms with E-state index < -0.39 is 12.1 Å². The molecule has 0 aromatic carbocycles. The van der Waals surface area contributed by atoms with E-state index in [9.17, 15) is 14.7 Å². The molecule has 0 saturated carbocycles. The van der Waals surface area contributed by atoms with Gasteiger partial charge in [0, 0.05) is 37.7 Å². The number of unbranched alkanes of at least 4 members (excludes halogenated alkanes) is 3. The number of hydrogen-bond donors (Lipinski definition) is 2. The maximum absolute atomic E-state index is 12.4. The van der Waals surface area contributed by atoms with Gasteiger partial charge < -0.3 is 15.1 Å². The van der Waals surface area contributed by atoms with Gasteiger partial charge in [-0.1, -0.05) is 44.9 Å². The topological polar surface area (TPSA) is 90.7 Å². The van der Waals surface area contributed by atoms with Crippen LogP contribution >= 0.6 is 0 Å². The second-order valence-electron chi connectivity index (χ2n) is 8.50. The van der Waals surface area contributed by atoms with Crippen LogP contribution in [0.15, 0.2) is 30.5 Å².